The molecular weight excluding hydrogens is 853 g/mol. The Morgan fingerprint density at radius 3 is 0.913 bits per heavy atom. The van der Waals surface area contributed by atoms with Crippen molar-refractivity contribution in [2.75, 3.05) is 13.2 Å². The molecule has 0 amide bonds. The first-order valence-electron chi connectivity index (χ1n) is 29.1. The Morgan fingerprint density at radius 2 is 0.638 bits per heavy atom. The first-order chi connectivity index (χ1) is 34.0. The largest absolute Gasteiger partial charge is 0.390 e. The predicted molar refractivity (Wildman–Crippen MR) is 292 cm³/mol. The second kappa shape index (κ2) is 41.0. The molecule has 0 spiro atoms. The molecule has 69 heavy (non-hydrogen) atoms. The van der Waals surface area contributed by atoms with Crippen LogP contribution in [0.3, 0.4) is 0 Å². The fraction of sp³-hybridized carbons (Fsp3) is 0.714. The van der Waals surface area contributed by atoms with Crippen LogP contribution in [-0.4, -0.2) is 59.2 Å². The molecule has 4 unspecified atom stereocenters. The van der Waals surface area contributed by atoms with Crippen LogP contribution in [0.5, 0.6) is 0 Å². The van der Waals surface area contributed by atoms with E-state index in [9.17, 15) is 15.3 Å². The molecule has 0 saturated carbocycles. The average Bonchev–Trinajstić information content (AvgIpc) is 3.38. The molecular formula is C63H104O6. The zero-order chi connectivity index (χ0) is 49.3. The molecule has 0 aliphatic heterocycles. The third-order valence-electron chi connectivity index (χ3n) is 14.4. The number of unbranched alkanes of at least 4 members (excludes halogenated alkanes) is 30. The van der Waals surface area contributed by atoms with E-state index in [-0.39, 0.29) is 6.42 Å². The Morgan fingerprint density at radius 1 is 0.362 bits per heavy atom. The summed E-state index contributed by atoms with van der Waals surface area (Å²) in [7, 11) is 0. The molecule has 3 N–H and O–H groups in total. The van der Waals surface area contributed by atoms with Gasteiger partial charge in [-0.1, -0.05) is 304 Å². The Hall–Kier alpha value is -2.58. The van der Waals surface area contributed by atoms with Gasteiger partial charge < -0.3 is 29.5 Å². The number of aliphatic hydroxyl groups is 3. The smallest absolute Gasteiger partial charge is 0.160 e. The summed E-state index contributed by atoms with van der Waals surface area (Å²) in [5.41, 5.74) is 1.40. The first kappa shape index (κ1) is 60.7. The fourth-order valence-corrected chi connectivity index (χ4v) is 10.0. The standard InChI is InChI=1S/C63H104O6/c1-4-7-9-11-13-15-17-19-21-23-25-27-29-31-33-44-52-67-60(68-53-45-34-32-30-28-26-24-22-20-18-16-14-12-10-8-5-2)54-59(65)61(66)62(58(64)6-3)69-63(55-46-38-35-39-47-55,56-48-40-36-41-49-56)57-50-42-37-43-51-57/h35-43,46-51,58-62,64-66H,4-34,44-45,52-54H2,1-3H3. The maximum Gasteiger partial charge on any atom is 0.160 e. The molecule has 0 aliphatic carbocycles. The highest BCUT2D eigenvalue weighted by molar-refractivity contribution is 5.47. The van der Waals surface area contributed by atoms with Gasteiger partial charge in [0.2, 0.25) is 0 Å². The van der Waals surface area contributed by atoms with E-state index in [1.165, 1.54) is 180 Å². The van der Waals surface area contributed by atoms with E-state index in [0.717, 1.165) is 42.4 Å². The van der Waals surface area contributed by atoms with Crippen LogP contribution in [0.1, 0.15) is 256 Å². The summed E-state index contributed by atoms with van der Waals surface area (Å²) in [5, 5.41) is 35.7. The summed E-state index contributed by atoms with van der Waals surface area (Å²) >= 11 is 0. The Balaban J connectivity index is 1.54. The van der Waals surface area contributed by atoms with Crippen molar-refractivity contribution < 1.29 is 29.5 Å². The van der Waals surface area contributed by atoms with Gasteiger partial charge in [0.1, 0.15) is 17.8 Å². The van der Waals surface area contributed by atoms with Crippen LogP contribution in [0.15, 0.2) is 91.0 Å². The molecule has 0 bridgehead atoms. The van der Waals surface area contributed by atoms with Crippen molar-refractivity contribution in [2.24, 2.45) is 0 Å². The van der Waals surface area contributed by atoms with Gasteiger partial charge >= 0.3 is 0 Å². The number of rotatable bonds is 47. The highest BCUT2D eigenvalue weighted by Crippen LogP contribution is 2.42. The number of aliphatic hydroxyl groups excluding tert-OH is 3. The van der Waals surface area contributed by atoms with Gasteiger partial charge in [0.05, 0.1) is 12.2 Å². The van der Waals surface area contributed by atoms with Gasteiger partial charge in [0.15, 0.2) is 6.29 Å². The van der Waals surface area contributed by atoms with Crippen molar-refractivity contribution in [1.29, 1.82) is 0 Å². The van der Waals surface area contributed by atoms with Crippen molar-refractivity contribution in [3.8, 4) is 0 Å². The third-order valence-corrected chi connectivity index (χ3v) is 14.4. The van der Waals surface area contributed by atoms with Gasteiger partial charge in [0.25, 0.3) is 0 Å². The fourth-order valence-electron chi connectivity index (χ4n) is 10.0. The van der Waals surface area contributed by atoms with Crippen molar-refractivity contribution in [3.05, 3.63) is 108 Å². The van der Waals surface area contributed by atoms with Gasteiger partial charge in [-0.3, -0.25) is 0 Å². The lowest BCUT2D eigenvalue weighted by Crippen LogP contribution is -2.51. The van der Waals surface area contributed by atoms with Crippen LogP contribution in [-0.2, 0) is 19.8 Å². The maximum atomic E-state index is 12.1. The lowest BCUT2D eigenvalue weighted by atomic mass is 9.79. The van der Waals surface area contributed by atoms with Crippen LogP contribution in [0.25, 0.3) is 0 Å². The first-order valence-corrected chi connectivity index (χ1v) is 29.1. The van der Waals surface area contributed by atoms with Gasteiger partial charge in [-0.2, -0.15) is 0 Å². The number of hydrogen-bond donors (Lipinski definition) is 3. The predicted octanol–water partition coefficient (Wildman–Crippen LogP) is 17.1. The van der Waals surface area contributed by atoms with E-state index in [2.05, 4.69) is 13.8 Å². The van der Waals surface area contributed by atoms with Gasteiger partial charge in [-0.15, -0.1) is 0 Å². The van der Waals surface area contributed by atoms with Crippen molar-refractivity contribution in [3.63, 3.8) is 0 Å². The SMILES string of the molecule is CCCCCCCCCCCCCCCCCCOC(CC(O)C(O)C(OC(c1ccccc1)(c1ccccc1)c1ccccc1)C(O)CC)OCCCCCCCCCCCCCCCCCC. The highest BCUT2D eigenvalue weighted by atomic mass is 16.7. The van der Waals surface area contributed by atoms with E-state index in [4.69, 9.17) is 14.2 Å². The van der Waals surface area contributed by atoms with Gasteiger partial charge in [-0.05, 0) is 36.0 Å². The molecule has 3 rings (SSSR count). The van der Waals surface area contributed by atoms with Crippen molar-refractivity contribution in [1.82, 2.24) is 0 Å². The summed E-state index contributed by atoms with van der Waals surface area (Å²) in [6, 6.07) is 29.9. The van der Waals surface area contributed by atoms with Gasteiger partial charge in [-0.25, -0.2) is 0 Å². The summed E-state index contributed by atoms with van der Waals surface area (Å²) in [4.78, 5) is 0. The Kier molecular flexibility index (Phi) is 36.0. The van der Waals surface area contributed by atoms with E-state index >= 15 is 0 Å². The number of ether oxygens (including phenoxy) is 3. The van der Waals surface area contributed by atoms with Crippen LogP contribution >= 0.6 is 0 Å². The van der Waals surface area contributed by atoms with E-state index in [0.29, 0.717) is 19.6 Å². The van der Waals surface area contributed by atoms with Crippen LogP contribution < -0.4 is 0 Å². The molecule has 4 atom stereocenters. The molecule has 0 aromatic heterocycles. The summed E-state index contributed by atoms with van der Waals surface area (Å²) in [5.74, 6) is 0. The molecule has 0 radical (unpaired) electrons. The highest BCUT2D eigenvalue weighted by Gasteiger charge is 2.45. The zero-order valence-corrected chi connectivity index (χ0v) is 44.6. The molecule has 0 heterocycles. The normalized spacial score (nSPS) is 13.8. The van der Waals surface area contributed by atoms with E-state index in [1.807, 2.05) is 97.9 Å². The lowest BCUT2D eigenvalue weighted by Gasteiger charge is -2.42. The molecule has 0 fully saturated rings. The Bertz CT molecular complexity index is 1400. The van der Waals surface area contributed by atoms with Crippen LogP contribution in [0.2, 0.25) is 0 Å². The minimum Gasteiger partial charge on any atom is -0.390 e. The summed E-state index contributed by atoms with van der Waals surface area (Å²) < 4.78 is 19.9. The monoisotopic (exact) mass is 957 g/mol. The summed E-state index contributed by atoms with van der Waals surface area (Å²) in [6.07, 6.45) is 36.9. The number of hydrogen-bond acceptors (Lipinski definition) is 6. The third kappa shape index (κ3) is 26.1. The maximum absolute atomic E-state index is 12.1. The second-order valence-corrected chi connectivity index (χ2v) is 20.4. The second-order valence-electron chi connectivity index (χ2n) is 20.4. The van der Waals surface area contributed by atoms with Gasteiger partial charge in [0, 0.05) is 19.6 Å². The van der Waals surface area contributed by atoms with Crippen molar-refractivity contribution in [2.45, 2.75) is 275 Å². The number of benzene rings is 3. The lowest BCUT2D eigenvalue weighted by molar-refractivity contribution is -0.198. The Labute approximate surface area is 424 Å². The van der Waals surface area contributed by atoms with Crippen molar-refractivity contribution >= 4 is 0 Å². The zero-order valence-electron chi connectivity index (χ0n) is 44.6. The molecule has 3 aromatic carbocycles. The molecule has 0 aliphatic rings. The molecule has 6 heteroatoms. The molecule has 3 aromatic rings. The summed E-state index contributed by atoms with van der Waals surface area (Å²) in [6.45, 7) is 7.53. The molecule has 0 saturated heterocycles. The topological polar surface area (TPSA) is 88.4 Å². The van der Waals surface area contributed by atoms with E-state index < -0.39 is 36.3 Å². The van der Waals surface area contributed by atoms with Crippen LogP contribution in [0, 0.1) is 0 Å². The minimum absolute atomic E-state index is 0.0736. The molecule has 392 valence electrons. The molecule has 6 nitrogen and oxygen atoms in total. The minimum atomic E-state index is -1.42. The van der Waals surface area contributed by atoms with E-state index in [1.54, 1.807) is 0 Å². The quantitative estimate of drug-likeness (QED) is 0.0297. The average molecular weight is 958 g/mol. The van der Waals surface area contributed by atoms with Crippen LogP contribution in [0.4, 0.5) is 0 Å².